The summed E-state index contributed by atoms with van der Waals surface area (Å²) in [5, 5.41) is 7.05. The molecule has 6 nitrogen and oxygen atoms in total. The van der Waals surface area contributed by atoms with Crippen molar-refractivity contribution < 1.29 is 8.98 Å². The van der Waals surface area contributed by atoms with Gasteiger partial charge in [-0.2, -0.15) is 4.57 Å². The lowest BCUT2D eigenvalue weighted by Gasteiger charge is -2.09. The third-order valence-electron chi connectivity index (χ3n) is 10.1. The summed E-state index contributed by atoms with van der Waals surface area (Å²) in [6, 6.07) is 47.5. The average Bonchev–Trinajstić information content (AvgIpc) is 3.71. The Balaban J connectivity index is 1.19. The molecule has 3 heterocycles. The zero-order chi connectivity index (χ0) is 33.3. The van der Waals surface area contributed by atoms with Crippen LogP contribution in [-0.2, 0) is 7.05 Å². The van der Waals surface area contributed by atoms with Crippen molar-refractivity contribution in [1.29, 1.82) is 0 Å². The van der Waals surface area contributed by atoms with Gasteiger partial charge in [-0.3, -0.25) is 0 Å². The molecule has 0 N–H and O–H groups in total. The zero-order valence-electron chi connectivity index (χ0n) is 27.5. The van der Waals surface area contributed by atoms with E-state index in [1.807, 2.05) is 0 Å². The lowest BCUT2D eigenvalue weighted by Crippen LogP contribution is -2.30. The van der Waals surface area contributed by atoms with E-state index in [0.717, 1.165) is 77.7 Å². The molecule has 0 radical (unpaired) electrons. The second-order valence-electron chi connectivity index (χ2n) is 12.8. The fourth-order valence-corrected chi connectivity index (χ4v) is 7.71. The Morgan fingerprint density at radius 2 is 1.16 bits per heavy atom. The number of nitrogens with zero attached hydrogens (tertiary/aromatic N) is 5. The number of benzene rings is 7. The summed E-state index contributed by atoms with van der Waals surface area (Å²) < 4.78 is 11.7. The van der Waals surface area contributed by atoms with Gasteiger partial charge >= 0.3 is 0 Å². The van der Waals surface area contributed by atoms with Gasteiger partial charge in [0.1, 0.15) is 29.5 Å². The average molecular weight is 645 g/mol. The lowest BCUT2D eigenvalue weighted by atomic mass is 9.96. The molecule has 0 unspecified atom stereocenters. The molecular formula is C44H30N5O+. The van der Waals surface area contributed by atoms with Gasteiger partial charge in [-0.05, 0) is 64.0 Å². The number of rotatable bonds is 4. The molecule has 50 heavy (non-hydrogen) atoms. The molecule has 0 aliphatic carbocycles. The van der Waals surface area contributed by atoms with Gasteiger partial charge in [0.2, 0.25) is 0 Å². The van der Waals surface area contributed by atoms with Crippen LogP contribution in [0.4, 0.5) is 0 Å². The highest BCUT2D eigenvalue weighted by molar-refractivity contribution is 6.31. The molecule has 0 saturated heterocycles. The van der Waals surface area contributed by atoms with E-state index in [0.29, 0.717) is 5.82 Å². The number of hydrogen-bond acceptors (Lipinski definition) is 4. The van der Waals surface area contributed by atoms with Crippen LogP contribution in [0.15, 0.2) is 151 Å². The number of imidazole rings is 1. The van der Waals surface area contributed by atoms with Crippen molar-refractivity contribution in [2.75, 3.05) is 0 Å². The van der Waals surface area contributed by atoms with Crippen LogP contribution in [0, 0.1) is 6.92 Å². The monoisotopic (exact) mass is 644 g/mol. The van der Waals surface area contributed by atoms with Crippen molar-refractivity contribution in [2.24, 2.45) is 7.05 Å². The molecule has 6 heteroatoms. The number of fused-ring (bicyclic) bond motifs is 9. The van der Waals surface area contributed by atoms with Crippen molar-refractivity contribution in [2.45, 2.75) is 6.92 Å². The second-order valence-corrected chi connectivity index (χ2v) is 12.8. The largest absolute Gasteiger partial charge is 0.454 e. The molecule has 0 aliphatic heterocycles. The highest BCUT2D eigenvalue weighted by atomic mass is 16.3. The van der Waals surface area contributed by atoms with Crippen molar-refractivity contribution in [3.05, 3.63) is 152 Å². The van der Waals surface area contributed by atoms with Gasteiger partial charge in [0, 0.05) is 21.7 Å². The first kappa shape index (κ1) is 28.4. The molecule has 0 fully saturated rings. The van der Waals surface area contributed by atoms with Crippen molar-refractivity contribution in [1.82, 2.24) is 19.5 Å². The Kier molecular flexibility index (Phi) is 6.20. The first-order chi connectivity index (χ1) is 24.7. The summed E-state index contributed by atoms with van der Waals surface area (Å²) in [4.78, 5) is 12.5. The number of furan rings is 1. The number of hydrogen-bond donors (Lipinski definition) is 0. The number of para-hydroxylation sites is 2. The van der Waals surface area contributed by atoms with Gasteiger partial charge in [-0.25, -0.2) is 19.5 Å². The SMILES string of the molecule is Cc1ccc2c(oc3c4ccccc4c4ccccc4c23)c1-c1n(-c2ccc(-c3ccc(-c4ncncn4)cc3)cc2)c2ccccc2[n+]1C. The van der Waals surface area contributed by atoms with E-state index >= 15 is 0 Å². The van der Waals surface area contributed by atoms with Crippen molar-refractivity contribution >= 4 is 54.5 Å². The van der Waals surface area contributed by atoms with E-state index in [9.17, 15) is 0 Å². The van der Waals surface area contributed by atoms with Crippen LogP contribution in [0.5, 0.6) is 0 Å². The van der Waals surface area contributed by atoms with Gasteiger partial charge in [0.05, 0.1) is 7.05 Å². The number of aromatic nitrogens is 5. The van der Waals surface area contributed by atoms with Crippen LogP contribution < -0.4 is 4.57 Å². The Labute approximate surface area is 287 Å². The lowest BCUT2D eigenvalue weighted by molar-refractivity contribution is -0.633. The summed E-state index contributed by atoms with van der Waals surface area (Å²) >= 11 is 0. The molecule has 0 aliphatic rings. The fourth-order valence-electron chi connectivity index (χ4n) is 7.71. The normalized spacial score (nSPS) is 11.8. The molecule has 0 atom stereocenters. The van der Waals surface area contributed by atoms with Gasteiger partial charge in [0.15, 0.2) is 22.4 Å². The second kappa shape index (κ2) is 10.9. The van der Waals surface area contributed by atoms with Crippen LogP contribution in [0.3, 0.4) is 0 Å². The standard InChI is InChI=1S/C44H30N5O/c1-27-15-24-36-40-34-11-5-3-9-32(34)33-10-4-6-12-35(33)41(40)50-42(36)39(27)44-48(2)37-13-7-8-14-38(37)49(44)31-22-20-29(21-23-31)28-16-18-30(19-17-28)43-46-25-45-26-47-43/h3-26H,1-2H3/q+1. The predicted octanol–water partition coefficient (Wildman–Crippen LogP) is 10.2. The number of aryl methyl sites for hydroxylation is 2. The molecule has 10 rings (SSSR count). The third-order valence-corrected chi connectivity index (χ3v) is 10.1. The minimum atomic E-state index is 0.665. The Hall–Kier alpha value is -6.66. The van der Waals surface area contributed by atoms with Gasteiger partial charge in [0.25, 0.3) is 5.82 Å². The summed E-state index contributed by atoms with van der Waals surface area (Å²) in [5.41, 5.74) is 10.6. The van der Waals surface area contributed by atoms with Crippen LogP contribution in [0.1, 0.15) is 5.56 Å². The van der Waals surface area contributed by atoms with E-state index < -0.39 is 0 Å². The van der Waals surface area contributed by atoms with E-state index in [1.165, 1.54) is 28.8 Å². The van der Waals surface area contributed by atoms with Gasteiger partial charge < -0.3 is 4.42 Å². The molecule has 0 spiro atoms. The summed E-state index contributed by atoms with van der Waals surface area (Å²) in [6.45, 7) is 2.18. The molecule has 10 aromatic rings. The first-order valence-electron chi connectivity index (χ1n) is 16.7. The molecule has 236 valence electrons. The summed E-state index contributed by atoms with van der Waals surface area (Å²) in [5.74, 6) is 1.73. The smallest absolute Gasteiger partial charge is 0.298 e. The molecule has 7 aromatic carbocycles. The highest BCUT2D eigenvalue weighted by Crippen LogP contribution is 2.44. The Morgan fingerprint density at radius 1 is 0.560 bits per heavy atom. The maximum atomic E-state index is 7.06. The van der Waals surface area contributed by atoms with Gasteiger partial charge in [-0.1, -0.05) is 109 Å². The molecular weight excluding hydrogens is 615 g/mol. The quantitative estimate of drug-likeness (QED) is 0.141. The van der Waals surface area contributed by atoms with Crippen LogP contribution >= 0.6 is 0 Å². The predicted molar refractivity (Wildman–Crippen MR) is 201 cm³/mol. The topological polar surface area (TPSA) is 60.6 Å². The van der Waals surface area contributed by atoms with E-state index in [1.54, 1.807) is 0 Å². The maximum absolute atomic E-state index is 7.06. The Bertz CT molecular complexity index is 2920. The Morgan fingerprint density at radius 3 is 1.90 bits per heavy atom. The molecule has 0 saturated carbocycles. The zero-order valence-corrected chi connectivity index (χ0v) is 27.5. The van der Waals surface area contributed by atoms with E-state index in [2.05, 4.69) is 172 Å². The molecule has 3 aromatic heterocycles. The van der Waals surface area contributed by atoms with E-state index in [-0.39, 0.29) is 0 Å². The summed E-state index contributed by atoms with van der Waals surface area (Å²) in [7, 11) is 2.16. The fraction of sp³-hybridized carbons (Fsp3) is 0.0455. The van der Waals surface area contributed by atoms with Crippen molar-refractivity contribution in [3.8, 4) is 39.6 Å². The minimum absolute atomic E-state index is 0.665. The van der Waals surface area contributed by atoms with Crippen LogP contribution in [0.25, 0.3) is 94.1 Å². The van der Waals surface area contributed by atoms with Crippen molar-refractivity contribution in [3.63, 3.8) is 0 Å². The maximum Gasteiger partial charge on any atom is 0.298 e. The molecule has 0 amide bonds. The third kappa shape index (κ3) is 4.15. The van der Waals surface area contributed by atoms with E-state index in [4.69, 9.17) is 4.42 Å². The molecule has 0 bridgehead atoms. The first-order valence-corrected chi connectivity index (χ1v) is 16.7. The highest BCUT2D eigenvalue weighted by Gasteiger charge is 2.31. The minimum Gasteiger partial charge on any atom is -0.454 e. The van der Waals surface area contributed by atoms with Gasteiger partial charge in [-0.15, -0.1) is 0 Å². The van der Waals surface area contributed by atoms with Crippen LogP contribution in [-0.4, -0.2) is 19.5 Å². The van der Waals surface area contributed by atoms with Crippen LogP contribution in [0.2, 0.25) is 0 Å². The summed E-state index contributed by atoms with van der Waals surface area (Å²) in [6.07, 6.45) is 3.04.